The minimum absolute atomic E-state index is 0.0139. The predicted octanol–water partition coefficient (Wildman–Crippen LogP) is 10.8. The summed E-state index contributed by atoms with van der Waals surface area (Å²) in [6.07, 6.45) is 11.9. The van der Waals surface area contributed by atoms with E-state index < -0.39 is 22.8 Å². The minimum atomic E-state index is -1.17. The molecular formula is C48H66ClNO6. The fourth-order valence-corrected chi connectivity index (χ4v) is 14.0. The first kappa shape index (κ1) is 41.2. The van der Waals surface area contributed by atoms with Crippen LogP contribution in [0.15, 0.2) is 47.1 Å². The van der Waals surface area contributed by atoms with Gasteiger partial charge in [0.2, 0.25) is 5.91 Å². The number of benzene rings is 1. The number of halogens is 1. The number of ketones is 1. The molecule has 0 bridgehead atoms. The number of amides is 1. The molecule has 6 aliphatic carbocycles. The van der Waals surface area contributed by atoms with E-state index in [-0.39, 0.29) is 63.2 Å². The van der Waals surface area contributed by atoms with Crippen molar-refractivity contribution in [1.29, 1.82) is 0 Å². The number of nitrogens with one attached hydrogen (secondary N) is 1. The van der Waals surface area contributed by atoms with E-state index in [1.807, 2.05) is 31.2 Å². The van der Waals surface area contributed by atoms with Gasteiger partial charge in [-0.3, -0.25) is 19.2 Å². The van der Waals surface area contributed by atoms with E-state index >= 15 is 0 Å². The molecule has 8 heteroatoms. The van der Waals surface area contributed by atoms with Gasteiger partial charge in [0, 0.05) is 27.8 Å². The van der Waals surface area contributed by atoms with Gasteiger partial charge in [0.15, 0.2) is 5.78 Å². The first-order chi connectivity index (χ1) is 26.0. The lowest BCUT2D eigenvalue weighted by molar-refractivity contribution is -0.232. The predicted molar refractivity (Wildman–Crippen MR) is 220 cm³/mol. The van der Waals surface area contributed by atoms with Gasteiger partial charge >= 0.3 is 11.9 Å². The van der Waals surface area contributed by atoms with Crippen molar-refractivity contribution < 1.29 is 29.0 Å². The average Bonchev–Trinajstić information content (AvgIpc) is 3.81. The quantitative estimate of drug-likeness (QED) is 0.190. The second-order valence-electron chi connectivity index (χ2n) is 21.4. The van der Waals surface area contributed by atoms with Gasteiger partial charge in [0.1, 0.15) is 6.10 Å². The highest BCUT2D eigenvalue weighted by molar-refractivity contribution is 6.30. The van der Waals surface area contributed by atoms with Crippen LogP contribution in [0.4, 0.5) is 0 Å². The van der Waals surface area contributed by atoms with Gasteiger partial charge < -0.3 is 15.2 Å². The first-order valence-corrected chi connectivity index (χ1v) is 21.8. The SMILES string of the molecule is C/C(=C\[C@@]12CC[C@]3(C)C(CC[C@@H]4C5(C)CCC(OC(=O)CC(C)(C)C(=O)O)C(C)(C)[C@@H]5CC[C@]43C)C1=C(C(C)C)C(=O)C2)C(=O)NC1(c2ccc(Cl)cc2)CC1. The van der Waals surface area contributed by atoms with Crippen LogP contribution in [0.3, 0.4) is 0 Å². The number of carbonyl (C=O) groups is 4. The normalized spacial score (nSPS) is 37.2. The second-order valence-corrected chi connectivity index (χ2v) is 21.9. The number of Topliss-reactive ketones (excluding diaryl/α,β-unsaturated/α-hetero) is 1. The van der Waals surface area contributed by atoms with E-state index in [4.69, 9.17) is 16.3 Å². The largest absolute Gasteiger partial charge is 0.481 e. The number of carbonyl (C=O) groups excluding carboxylic acids is 3. The Bertz CT molecular complexity index is 1890. The molecule has 1 aromatic rings. The van der Waals surface area contributed by atoms with Gasteiger partial charge in [-0.25, -0.2) is 0 Å². The third-order valence-electron chi connectivity index (χ3n) is 17.2. The lowest BCUT2D eigenvalue weighted by Gasteiger charge is -2.72. The van der Waals surface area contributed by atoms with Crippen LogP contribution in [-0.4, -0.2) is 34.8 Å². The zero-order chi connectivity index (χ0) is 41.0. The summed E-state index contributed by atoms with van der Waals surface area (Å²) >= 11 is 6.18. The highest BCUT2D eigenvalue weighted by atomic mass is 35.5. The molecule has 8 atom stereocenters. The van der Waals surface area contributed by atoms with Gasteiger partial charge in [-0.05, 0) is 154 Å². The number of allylic oxidation sites excluding steroid dienone is 3. The Kier molecular flexibility index (Phi) is 9.99. The van der Waals surface area contributed by atoms with Crippen LogP contribution in [-0.2, 0) is 29.5 Å². The van der Waals surface area contributed by atoms with Gasteiger partial charge in [-0.1, -0.05) is 78.3 Å². The molecule has 7 rings (SSSR count). The zero-order valence-electron chi connectivity index (χ0n) is 35.6. The number of rotatable bonds is 9. The Morgan fingerprint density at radius 2 is 1.57 bits per heavy atom. The maximum Gasteiger partial charge on any atom is 0.309 e. The van der Waals surface area contributed by atoms with E-state index in [0.717, 1.165) is 75.3 Å². The third kappa shape index (κ3) is 6.25. The molecule has 1 aromatic carbocycles. The van der Waals surface area contributed by atoms with E-state index in [9.17, 15) is 24.3 Å². The number of ether oxygens (including phenoxy) is 1. The minimum Gasteiger partial charge on any atom is -0.481 e. The molecule has 306 valence electrons. The fourth-order valence-electron chi connectivity index (χ4n) is 13.8. The number of aliphatic carboxylic acids is 1. The van der Waals surface area contributed by atoms with E-state index in [2.05, 4.69) is 59.9 Å². The number of carboxylic acids is 1. The monoisotopic (exact) mass is 787 g/mol. The smallest absolute Gasteiger partial charge is 0.309 e. The Labute approximate surface area is 340 Å². The van der Waals surface area contributed by atoms with Crippen LogP contribution < -0.4 is 5.32 Å². The van der Waals surface area contributed by atoms with Crippen molar-refractivity contribution in [2.75, 3.05) is 0 Å². The van der Waals surface area contributed by atoms with Crippen LogP contribution in [0.5, 0.6) is 0 Å². The maximum absolute atomic E-state index is 14.2. The van der Waals surface area contributed by atoms with Crippen LogP contribution >= 0.6 is 11.6 Å². The summed E-state index contributed by atoms with van der Waals surface area (Å²) < 4.78 is 6.18. The third-order valence-corrected chi connectivity index (χ3v) is 17.5. The van der Waals surface area contributed by atoms with Crippen molar-refractivity contribution in [3.8, 4) is 0 Å². The number of esters is 1. The molecule has 2 N–H and O–H groups in total. The lowest BCUT2D eigenvalue weighted by atomic mass is 9.33. The summed E-state index contributed by atoms with van der Waals surface area (Å²) in [4.78, 5) is 53.1. The molecule has 0 radical (unpaired) electrons. The molecule has 6 aliphatic rings. The Morgan fingerprint density at radius 1 is 0.911 bits per heavy atom. The number of fused-ring (bicyclic) bond motifs is 7. The molecule has 0 heterocycles. The molecule has 0 saturated heterocycles. The summed E-state index contributed by atoms with van der Waals surface area (Å²) in [6, 6.07) is 7.80. The highest BCUT2D eigenvalue weighted by Crippen LogP contribution is 2.77. The number of carboxylic acid groups (broad SMARTS) is 1. The molecule has 56 heavy (non-hydrogen) atoms. The maximum atomic E-state index is 14.2. The molecule has 3 unspecified atom stereocenters. The topological polar surface area (TPSA) is 110 Å². The van der Waals surface area contributed by atoms with Gasteiger partial charge in [-0.15, -0.1) is 0 Å². The molecule has 0 aliphatic heterocycles. The molecule has 0 spiro atoms. The fraction of sp³-hybridized carbons (Fsp3) is 0.708. The number of hydrogen-bond donors (Lipinski definition) is 2. The van der Waals surface area contributed by atoms with Gasteiger partial charge in [0.25, 0.3) is 0 Å². The molecular weight excluding hydrogens is 722 g/mol. The van der Waals surface area contributed by atoms with Crippen molar-refractivity contribution in [1.82, 2.24) is 5.32 Å². The Morgan fingerprint density at radius 3 is 2.18 bits per heavy atom. The summed E-state index contributed by atoms with van der Waals surface area (Å²) in [5.41, 5.74) is 2.00. The van der Waals surface area contributed by atoms with Gasteiger partial charge in [0.05, 0.1) is 17.4 Å². The summed E-state index contributed by atoms with van der Waals surface area (Å²) in [6.45, 7) is 21.6. The van der Waals surface area contributed by atoms with Crippen molar-refractivity contribution in [3.63, 3.8) is 0 Å². The van der Waals surface area contributed by atoms with Crippen molar-refractivity contribution in [2.24, 2.45) is 56.2 Å². The molecule has 5 fully saturated rings. The van der Waals surface area contributed by atoms with Crippen molar-refractivity contribution in [3.05, 3.63) is 57.6 Å². The second kappa shape index (κ2) is 13.6. The summed E-state index contributed by atoms with van der Waals surface area (Å²) in [7, 11) is 0. The Balaban J connectivity index is 1.16. The summed E-state index contributed by atoms with van der Waals surface area (Å²) in [5, 5.41) is 13.7. The summed E-state index contributed by atoms with van der Waals surface area (Å²) in [5.74, 6) is 0.00816. The highest BCUT2D eigenvalue weighted by Gasteiger charge is 2.70. The molecule has 5 saturated carbocycles. The van der Waals surface area contributed by atoms with E-state index in [1.54, 1.807) is 13.8 Å². The zero-order valence-corrected chi connectivity index (χ0v) is 36.4. The molecule has 7 nitrogen and oxygen atoms in total. The molecule has 0 aromatic heterocycles. The standard InChI is InChI=1S/C48H66ClNO6/c1-28(2)38-33(51)26-47(25-29(3)40(53)50-48(23-24-48)30-11-13-31(49)14-12-30)22-21-45(9)32(39(38)47)15-16-35-44(8)19-18-36(56-37(52)27-42(4,5)41(54)55)43(6,7)34(44)17-20-46(35,45)10/h11-14,25,28,32,34-36H,15-24,26-27H2,1-10H3,(H,50,53)(H,54,55)/b29-25+/t32?,34-,35+,36?,44?,45+,46+,47+/m0/s1. The number of hydrogen-bond acceptors (Lipinski definition) is 5. The van der Waals surface area contributed by atoms with Crippen LogP contribution in [0.1, 0.15) is 152 Å². The average molecular weight is 789 g/mol. The van der Waals surface area contributed by atoms with Crippen molar-refractivity contribution in [2.45, 2.75) is 158 Å². The van der Waals surface area contributed by atoms with Crippen LogP contribution in [0.2, 0.25) is 5.02 Å². The molecule has 1 amide bonds. The van der Waals surface area contributed by atoms with Crippen molar-refractivity contribution >= 4 is 35.2 Å². The van der Waals surface area contributed by atoms with Gasteiger partial charge in [-0.2, -0.15) is 0 Å². The lowest BCUT2D eigenvalue weighted by Crippen LogP contribution is -2.65. The van der Waals surface area contributed by atoms with Crippen LogP contribution in [0.25, 0.3) is 0 Å². The Hall–Kier alpha value is -2.93. The van der Waals surface area contributed by atoms with Crippen LogP contribution in [0, 0.1) is 56.2 Å². The van der Waals surface area contributed by atoms with E-state index in [1.165, 1.54) is 5.57 Å². The van der Waals surface area contributed by atoms with E-state index in [0.29, 0.717) is 28.9 Å². The first-order valence-electron chi connectivity index (χ1n) is 21.5.